The van der Waals surface area contributed by atoms with Crippen LogP contribution >= 0.6 is 0 Å². The van der Waals surface area contributed by atoms with Crippen LogP contribution < -0.4 is 0 Å². The summed E-state index contributed by atoms with van der Waals surface area (Å²) in [6, 6.07) is 0. The van der Waals surface area contributed by atoms with Crippen molar-refractivity contribution in [2.45, 2.75) is 71.3 Å². The van der Waals surface area contributed by atoms with E-state index in [1.54, 1.807) is 0 Å². The lowest BCUT2D eigenvalue weighted by Gasteiger charge is -2.57. The van der Waals surface area contributed by atoms with Crippen LogP contribution in [-0.4, -0.2) is 22.6 Å². The molecule has 1 N–H and O–H groups in total. The van der Waals surface area contributed by atoms with E-state index in [1.807, 2.05) is 20.8 Å². The van der Waals surface area contributed by atoms with Crippen LogP contribution in [0.5, 0.6) is 0 Å². The Kier molecular flexibility index (Phi) is 4.12. The standard InChI is InChI=1S/C16H26O4/c1-15(2,3)20-14(19)10-16(9-13(17)18)8-11-6-4-5-7-12(11)16/h11-12H,4-10H2,1-3H3,(H,17,18). The average Bonchev–Trinajstić information content (AvgIpc) is 2.24. The smallest absolute Gasteiger partial charge is 0.306 e. The fourth-order valence-electron chi connectivity index (χ4n) is 4.21. The first kappa shape index (κ1) is 15.3. The summed E-state index contributed by atoms with van der Waals surface area (Å²) in [7, 11) is 0. The van der Waals surface area contributed by atoms with Crippen molar-refractivity contribution in [3.8, 4) is 0 Å². The summed E-state index contributed by atoms with van der Waals surface area (Å²) in [5.41, 5.74) is -0.851. The third-order valence-electron chi connectivity index (χ3n) is 4.78. The van der Waals surface area contributed by atoms with Gasteiger partial charge in [-0.15, -0.1) is 0 Å². The second-order valence-electron chi connectivity index (χ2n) is 7.55. The van der Waals surface area contributed by atoms with Crippen molar-refractivity contribution in [3.05, 3.63) is 0 Å². The molecule has 114 valence electrons. The van der Waals surface area contributed by atoms with Gasteiger partial charge >= 0.3 is 11.9 Å². The summed E-state index contributed by atoms with van der Waals surface area (Å²) in [4.78, 5) is 23.3. The number of fused-ring (bicyclic) bond motifs is 1. The maximum atomic E-state index is 12.1. The summed E-state index contributed by atoms with van der Waals surface area (Å²) in [6.45, 7) is 5.54. The zero-order valence-electron chi connectivity index (χ0n) is 12.8. The number of esters is 1. The molecule has 0 radical (unpaired) electrons. The second-order valence-corrected chi connectivity index (χ2v) is 7.55. The van der Waals surface area contributed by atoms with Crippen LogP contribution in [0.25, 0.3) is 0 Å². The Morgan fingerprint density at radius 1 is 1.20 bits per heavy atom. The summed E-state index contributed by atoms with van der Waals surface area (Å²) in [5.74, 6) is -0.00855. The Hall–Kier alpha value is -1.06. The van der Waals surface area contributed by atoms with Gasteiger partial charge in [0.15, 0.2) is 0 Å². The van der Waals surface area contributed by atoms with Crippen molar-refractivity contribution in [1.29, 1.82) is 0 Å². The predicted octanol–water partition coefficient (Wildman–Crippen LogP) is 3.39. The SMILES string of the molecule is CC(C)(C)OC(=O)CC1(CC(=O)O)CC2CCCCC21. The quantitative estimate of drug-likeness (QED) is 0.803. The van der Waals surface area contributed by atoms with Crippen molar-refractivity contribution in [2.24, 2.45) is 17.3 Å². The minimum atomic E-state index is -0.794. The molecule has 3 unspecified atom stereocenters. The second kappa shape index (κ2) is 5.38. The van der Waals surface area contributed by atoms with Crippen LogP contribution in [-0.2, 0) is 14.3 Å². The molecule has 0 aliphatic heterocycles. The van der Waals surface area contributed by atoms with Crippen LogP contribution in [0.2, 0.25) is 0 Å². The zero-order valence-corrected chi connectivity index (χ0v) is 12.8. The van der Waals surface area contributed by atoms with Crippen molar-refractivity contribution in [2.75, 3.05) is 0 Å². The number of carbonyl (C=O) groups excluding carboxylic acids is 1. The van der Waals surface area contributed by atoms with Gasteiger partial charge in [-0.05, 0) is 50.9 Å². The molecule has 2 saturated carbocycles. The first-order valence-corrected chi connectivity index (χ1v) is 7.65. The van der Waals surface area contributed by atoms with Gasteiger partial charge in [-0.3, -0.25) is 9.59 Å². The zero-order chi connectivity index (χ0) is 15.0. The Bertz CT molecular complexity index is 396. The molecule has 0 amide bonds. The molecule has 4 heteroatoms. The topological polar surface area (TPSA) is 63.6 Å². The van der Waals surface area contributed by atoms with E-state index in [0.29, 0.717) is 11.8 Å². The van der Waals surface area contributed by atoms with E-state index in [2.05, 4.69) is 0 Å². The summed E-state index contributed by atoms with van der Waals surface area (Å²) in [6.07, 6.45) is 5.92. The van der Waals surface area contributed by atoms with Gasteiger partial charge < -0.3 is 9.84 Å². The summed E-state index contributed by atoms with van der Waals surface area (Å²) < 4.78 is 5.40. The van der Waals surface area contributed by atoms with Crippen LogP contribution in [0.1, 0.15) is 65.7 Å². The van der Waals surface area contributed by atoms with E-state index in [1.165, 1.54) is 12.8 Å². The minimum Gasteiger partial charge on any atom is -0.481 e. The van der Waals surface area contributed by atoms with Gasteiger partial charge in [-0.2, -0.15) is 0 Å². The largest absolute Gasteiger partial charge is 0.481 e. The third-order valence-corrected chi connectivity index (χ3v) is 4.78. The Morgan fingerprint density at radius 2 is 1.85 bits per heavy atom. The monoisotopic (exact) mass is 282 g/mol. The number of hydrogen-bond donors (Lipinski definition) is 1. The van der Waals surface area contributed by atoms with Gasteiger partial charge in [-0.1, -0.05) is 19.3 Å². The molecule has 0 aromatic rings. The number of carbonyl (C=O) groups is 2. The maximum Gasteiger partial charge on any atom is 0.306 e. The molecule has 4 nitrogen and oxygen atoms in total. The highest BCUT2D eigenvalue weighted by Crippen LogP contribution is 2.61. The molecule has 0 saturated heterocycles. The fourth-order valence-corrected chi connectivity index (χ4v) is 4.21. The molecule has 2 aliphatic carbocycles. The molecule has 2 fully saturated rings. The fraction of sp³-hybridized carbons (Fsp3) is 0.875. The van der Waals surface area contributed by atoms with Gasteiger partial charge in [0.1, 0.15) is 5.60 Å². The third kappa shape index (κ3) is 3.33. The number of rotatable bonds is 4. The summed E-state index contributed by atoms with van der Waals surface area (Å²) >= 11 is 0. The number of aliphatic carboxylic acids is 1. The Balaban J connectivity index is 2.05. The molecule has 0 heterocycles. The predicted molar refractivity (Wildman–Crippen MR) is 75.2 cm³/mol. The normalized spacial score (nSPS) is 33.0. The summed E-state index contributed by atoms with van der Waals surface area (Å²) in [5, 5.41) is 9.20. The van der Waals surface area contributed by atoms with E-state index in [9.17, 15) is 14.7 Å². The van der Waals surface area contributed by atoms with E-state index >= 15 is 0 Å². The number of carboxylic acids is 1. The highest BCUT2D eigenvalue weighted by atomic mass is 16.6. The molecule has 0 spiro atoms. The Labute approximate surface area is 120 Å². The van der Waals surface area contributed by atoms with Crippen molar-refractivity contribution in [1.82, 2.24) is 0 Å². The number of hydrogen-bond acceptors (Lipinski definition) is 3. The molecule has 0 aromatic heterocycles. The van der Waals surface area contributed by atoms with Crippen molar-refractivity contribution >= 4 is 11.9 Å². The van der Waals surface area contributed by atoms with Crippen molar-refractivity contribution in [3.63, 3.8) is 0 Å². The lowest BCUT2D eigenvalue weighted by atomic mass is 9.47. The highest BCUT2D eigenvalue weighted by molar-refractivity contribution is 5.74. The van der Waals surface area contributed by atoms with Gasteiger partial charge in [0.05, 0.1) is 12.8 Å². The molecule has 20 heavy (non-hydrogen) atoms. The van der Waals surface area contributed by atoms with Gasteiger partial charge in [0.2, 0.25) is 0 Å². The Morgan fingerprint density at radius 3 is 2.40 bits per heavy atom. The highest BCUT2D eigenvalue weighted by Gasteiger charge is 2.55. The lowest BCUT2D eigenvalue weighted by molar-refractivity contribution is -0.170. The number of carboxylic acid groups (broad SMARTS) is 1. The molecule has 0 bridgehead atoms. The molecular formula is C16H26O4. The van der Waals surface area contributed by atoms with Crippen LogP contribution in [0.15, 0.2) is 0 Å². The van der Waals surface area contributed by atoms with E-state index in [4.69, 9.17) is 4.74 Å². The van der Waals surface area contributed by atoms with Crippen LogP contribution in [0.4, 0.5) is 0 Å². The average molecular weight is 282 g/mol. The maximum absolute atomic E-state index is 12.1. The molecule has 3 atom stereocenters. The van der Waals surface area contributed by atoms with Crippen LogP contribution in [0.3, 0.4) is 0 Å². The van der Waals surface area contributed by atoms with Gasteiger partial charge in [0.25, 0.3) is 0 Å². The molecule has 2 aliphatic rings. The molecule has 2 rings (SSSR count). The van der Waals surface area contributed by atoms with E-state index in [0.717, 1.165) is 19.3 Å². The number of ether oxygens (including phenoxy) is 1. The van der Waals surface area contributed by atoms with Crippen LogP contribution in [0, 0.1) is 17.3 Å². The first-order valence-electron chi connectivity index (χ1n) is 7.65. The van der Waals surface area contributed by atoms with Gasteiger partial charge in [0, 0.05) is 0 Å². The van der Waals surface area contributed by atoms with Crippen molar-refractivity contribution < 1.29 is 19.4 Å². The lowest BCUT2D eigenvalue weighted by Crippen LogP contribution is -2.52. The van der Waals surface area contributed by atoms with E-state index in [-0.39, 0.29) is 24.2 Å². The van der Waals surface area contributed by atoms with E-state index < -0.39 is 11.6 Å². The molecular weight excluding hydrogens is 256 g/mol. The first-order chi connectivity index (χ1) is 9.22. The van der Waals surface area contributed by atoms with Gasteiger partial charge in [-0.25, -0.2) is 0 Å². The molecule has 0 aromatic carbocycles. The minimum absolute atomic E-state index is 0.105.